The Kier molecular flexibility index (Phi) is 2.82. The normalized spacial score (nSPS) is 14.8. The van der Waals surface area contributed by atoms with Crippen molar-refractivity contribution in [3.63, 3.8) is 0 Å². The Morgan fingerprint density at radius 2 is 2.00 bits per heavy atom. The van der Waals surface area contributed by atoms with Crippen LogP contribution in [-0.2, 0) is 0 Å². The second kappa shape index (κ2) is 4.35. The molecule has 94 valence electrons. The van der Waals surface area contributed by atoms with Crippen LogP contribution in [-0.4, -0.2) is 17.0 Å². The molecule has 0 spiro atoms. The van der Waals surface area contributed by atoms with Crippen molar-refractivity contribution in [1.29, 1.82) is 0 Å². The van der Waals surface area contributed by atoms with Crippen molar-refractivity contribution in [2.24, 2.45) is 0 Å². The Hall–Kier alpha value is -1.42. The number of hydrogen-bond donors (Lipinski definition) is 1. The number of anilines is 1. The van der Waals surface area contributed by atoms with Crippen LogP contribution in [0.15, 0.2) is 12.1 Å². The van der Waals surface area contributed by atoms with Crippen molar-refractivity contribution in [2.75, 3.05) is 12.4 Å². The molecule has 0 aromatic carbocycles. The van der Waals surface area contributed by atoms with Gasteiger partial charge in [0.05, 0.1) is 0 Å². The highest BCUT2D eigenvalue weighted by atomic mass is 32.1. The summed E-state index contributed by atoms with van der Waals surface area (Å²) in [5.74, 6) is 2.44. The van der Waals surface area contributed by atoms with E-state index in [-0.39, 0.29) is 0 Å². The maximum atomic E-state index is 4.74. The van der Waals surface area contributed by atoms with Crippen molar-refractivity contribution in [3.05, 3.63) is 27.6 Å². The Bertz CT molecular complexity index is 585. The summed E-state index contributed by atoms with van der Waals surface area (Å²) in [7, 11) is 1.91. The van der Waals surface area contributed by atoms with Crippen LogP contribution in [0.3, 0.4) is 0 Å². The van der Waals surface area contributed by atoms with Gasteiger partial charge in [0.2, 0.25) is 0 Å². The first-order valence-corrected chi connectivity index (χ1v) is 7.13. The van der Waals surface area contributed by atoms with Crippen molar-refractivity contribution >= 4 is 17.2 Å². The summed E-state index contributed by atoms with van der Waals surface area (Å²) < 4.78 is 0. The van der Waals surface area contributed by atoms with E-state index in [1.165, 1.54) is 33.9 Å². The molecule has 0 aliphatic heterocycles. The van der Waals surface area contributed by atoms with Crippen molar-refractivity contribution < 1.29 is 0 Å². The third kappa shape index (κ3) is 2.12. The average Bonchev–Trinajstić information content (AvgIpc) is 3.14. The zero-order valence-corrected chi connectivity index (χ0v) is 11.8. The highest BCUT2D eigenvalue weighted by Crippen LogP contribution is 2.40. The van der Waals surface area contributed by atoms with E-state index in [1.807, 2.05) is 7.05 Å². The maximum absolute atomic E-state index is 4.74. The quantitative estimate of drug-likeness (QED) is 0.912. The first-order valence-electron chi connectivity index (χ1n) is 6.31. The van der Waals surface area contributed by atoms with Gasteiger partial charge in [-0.1, -0.05) is 0 Å². The van der Waals surface area contributed by atoms with Crippen LogP contribution in [0.25, 0.3) is 11.4 Å². The zero-order valence-electron chi connectivity index (χ0n) is 10.9. The largest absolute Gasteiger partial charge is 0.373 e. The van der Waals surface area contributed by atoms with Gasteiger partial charge in [0.25, 0.3) is 0 Å². The predicted octanol–water partition coefficient (Wildman–Crippen LogP) is 3.74. The van der Waals surface area contributed by atoms with Gasteiger partial charge in [-0.05, 0) is 32.8 Å². The molecule has 1 aliphatic carbocycles. The number of aromatic nitrogens is 2. The molecule has 3 nitrogen and oxygen atoms in total. The van der Waals surface area contributed by atoms with Gasteiger partial charge in [-0.25, -0.2) is 9.97 Å². The third-order valence-corrected chi connectivity index (χ3v) is 4.25. The Morgan fingerprint density at radius 3 is 2.56 bits per heavy atom. The fourth-order valence-electron chi connectivity index (χ4n) is 2.16. The summed E-state index contributed by atoms with van der Waals surface area (Å²) in [6.07, 6.45) is 2.53. The van der Waals surface area contributed by atoms with E-state index in [1.54, 1.807) is 11.3 Å². The maximum Gasteiger partial charge on any atom is 0.162 e. The second-order valence-electron chi connectivity index (χ2n) is 4.85. The van der Waals surface area contributed by atoms with Crippen molar-refractivity contribution in [2.45, 2.75) is 32.6 Å². The molecule has 1 saturated carbocycles. The van der Waals surface area contributed by atoms with Gasteiger partial charge < -0.3 is 5.32 Å². The van der Waals surface area contributed by atoms with Gasteiger partial charge >= 0.3 is 0 Å². The lowest BCUT2D eigenvalue weighted by Gasteiger charge is -2.06. The van der Waals surface area contributed by atoms with Gasteiger partial charge in [0.15, 0.2) is 5.82 Å². The molecule has 3 rings (SSSR count). The molecule has 2 heterocycles. The van der Waals surface area contributed by atoms with Crippen molar-refractivity contribution in [1.82, 2.24) is 9.97 Å². The number of rotatable bonds is 3. The summed E-state index contributed by atoms with van der Waals surface area (Å²) in [4.78, 5) is 11.9. The molecule has 0 amide bonds. The summed E-state index contributed by atoms with van der Waals surface area (Å²) in [5.41, 5.74) is 2.36. The van der Waals surface area contributed by atoms with E-state index in [4.69, 9.17) is 4.98 Å². The molecule has 0 saturated heterocycles. The lowest BCUT2D eigenvalue weighted by molar-refractivity contribution is 0.994. The highest BCUT2D eigenvalue weighted by Gasteiger charge is 2.26. The number of nitrogens with zero attached hydrogens (tertiary/aromatic N) is 2. The molecule has 0 radical (unpaired) electrons. The average molecular weight is 259 g/mol. The van der Waals surface area contributed by atoms with E-state index >= 15 is 0 Å². The van der Waals surface area contributed by atoms with Crippen LogP contribution in [0.4, 0.5) is 5.82 Å². The Labute approximate surface area is 111 Å². The Balaban J connectivity index is 2.10. The van der Waals surface area contributed by atoms with E-state index in [2.05, 4.69) is 36.3 Å². The monoisotopic (exact) mass is 259 g/mol. The van der Waals surface area contributed by atoms with Gasteiger partial charge in [0.1, 0.15) is 5.82 Å². The van der Waals surface area contributed by atoms with Gasteiger partial charge in [-0.3, -0.25) is 0 Å². The fourth-order valence-corrected chi connectivity index (χ4v) is 3.08. The first-order chi connectivity index (χ1) is 8.67. The minimum Gasteiger partial charge on any atom is -0.373 e. The van der Waals surface area contributed by atoms with Crippen molar-refractivity contribution in [3.8, 4) is 11.4 Å². The molecule has 1 N–H and O–H groups in total. The van der Waals surface area contributed by atoms with Crippen LogP contribution in [0.1, 0.15) is 34.2 Å². The number of aryl methyl sites for hydroxylation is 2. The van der Waals surface area contributed by atoms with Crippen LogP contribution >= 0.6 is 11.3 Å². The van der Waals surface area contributed by atoms with Crippen LogP contribution < -0.4 is 5.32 Å². The topological polar surface area (TPSA) is 37.8 Å². The molecule has 0 unspecified atom stereocenters. The first kappa shape index (κ1) is 11.7. The fraction of sp³-hybridized carbons (Fsp3) is 0.429. The molecular weight excluding hydrogens is 242 g/mol. The van der Waals surface area contributed by atoms with Gasteiger partial charge in [-0.15, -0.1) is 11.3 Å². The number of nitrogens with one attached hydrogen (secondary N) is 1. The van der Waals surface area contributed by atoms with Gasteiger partial charge in [0, 0.05) is 40.0 Å². The van der Waals surface area contributed by atoms with Crippen LogP contribution in [0.5, 0.6) is 0 Å². The highest BCUT2D eigenvalue weighted by molar-refractivity contribution is 7.12. The minimum atomic E-state index is 0.652. The second-order valence-corrected chi connectivity index (χ2v) is 6.31. The molecule has 2 aromatic heterocycles. The summed E-state index contributed by atoms with van der Waals surface area (Å²) in [5, 5.41) is 3.14. The molecule has 18 heavy (non-hydrogen) atoms. The van der Waals surface area contributed by atoms with E-state index in [0.717, 1.165) is 11.6 Å². The smallest absolute Gasteiger partial charge is 0.162 e. The molecular formula is C14H17N3S. The molecule has 0 atom stereocenters. The summed E-state index contributed by atoms with van der Waals surface area (Å²) in [6, 6.07) is 4.27. The van der Waals surface area contributed by atoms with Crippen LogP contribution in [0.2, 0.25) is 0 Å². The predicted molar refractivity (Wildman–Crippen MR) is 76.3 cm³/mol. The lowest BCUT2D eigenvalue weighted by atomic mass is 10.2. The number of hydrogen-bond acceptors (Lipinski definition) is 4. The van der Waals surface area contributed by atoms with E-state index in [0.29, 0.717) is 5.92 Å². The molecule has 0 bridgehead atoms. The van der Waals surface area contributed by atoms with E-state index in [9.17, 15) is 0 Å². The Morgan fingerprint density at radius 1 is 1.22 bits per heavy atom. The minimum absolute atomic E-state index is 0.652. The lowest BCUT2D eigenvalue weighted by Crippen LogP contribution is -2.00. The molecule has 2 aromatic rings. The van der Waals surface area contributed by atoms with E-state index < -0.39 is 0 Å². The third-order valence-electron chi connectivity index (χ3n) is 3.28. The SMILES string of the molecule is CNc1cc(C2CC2)nc(-c2cc(C)sc2C)n1. The summed E-state index contributed by atoms with van der Waals surface area (Å²) in [6.45, 7) is 4.27. The summed E-state index contributed by atoms with van der Waals surface area (Å²) >= 11 is 1.81. The zero-order chi connectivity index (χ0) is 12.7. The number of thiophene rings is 1. The molecule has 1 aliphatic rings. The molecule has 1 fully saturated rings. The van der Waals surface area contributed by atoms with Gasteiger partial charge in [-0.2, -0.15) is 0 Å². The van der Waals surface area contributed by atoms with Crippen LogP contribution in [0, 0.1) is 13.8 Å². The standard InChI is InChI=1S/C14H17N3S/c1-8-6-11(9(2)18-8)14-16-12(10-4-5-10)7-13(15-3)17-14/h6-7,10H,4-5H2,1-3H3,(H,15,16,17). The molecule has 4 heteroatoms.